The molecular formula is C22H27NO. The first-order valence-corrected chi connectivity index (χ1v) is 9.30. The van der Waals surface area contributed by atoms with Crippen LogP contribution in [-0.2, 0) is 11.2 Å². The maximum absolute atomic E-state index is 6.53. The van der Waals surface area contributed by atoms with Crippen LogP contribution < -0.4 is 5.32 Å². The van der Waals surface area contributed by atoms with Crippen LogP contribution in [0.5, 0.6) is 0 Å². The lowest BCUT2D eigenvalue weighted by atomic mass is 9.70. The lowest BCUT2D eigenvalue weighted by molar-refractivity contribution is -0.119. The maximum Gasteiger partial charge on any atom is 0.0883 e. The third kappa shape index (κ3) is 2.44. The predicted molar refractivity (Wildman–Crippen MR) is 99.5 cm³/mol. The Labute approximate surface area is 145 Å². The van der Waals surface area contributed by atoms with Crippen LogP contribution in [0.15, 0.2) is 54.6 Å². The van der Waals surface area contributed by atoms with E-state index < -0.39 is 0 Å². The van der Waals surface area contributed by atoms with E-state index in [1.807, 2.05) is 0 Å². The van der Waals surface area contributed by atoms with Crippen LogP contribution in [0.1, 0.15) is 43.7 Å². The number of fused-ring (bicyclic) bond motifs is 3. The van der Waals surface area contributed by atoms with Crippen molar-refractivity contribution in [1.82, 2.24) is 0 Å². The number of ether oxygens (including phenoxy) is 1. The first kappa shape index (κ1) is 15.7. The van der Waals surface area contributed by atoms with Crippen LogP contribution >= 0.6 is 0 Å². The number of benzene rings is 2. The number of nitrogens with one attached hydrogen (secondary N) is 1. The van der Waals surface area contributed by atoms with Crippen molar-refractivity contribution < 1.29 is 4.74 Å². The maximum atomic E-state index is 6.53. The van der Waals surface area contributed by atoms with Crippen molar-refractivity contribution >= 4 is 5.69 Å². The highest BCUT2D eigenvalue weighted by Crippen LogP contribution is 2.51. The molecule has 0 saturated carbocycles. The molecule has 2 heterocycles. The van der Waals surface area contributed by atoms with Gasteiger partial charge in [0.05, 0.1) is 18.2 Å². The Balaban J connectivity index is 1.70. The average Bonchev–Trinajstić information content (AvgIpc) is 3.04. The molecule has 2 aromatic carbocycles. The van der Waals surface area contributed by atoms with E-state index in [0.717, 1.165) is 25.9 Å². The Kier molecular flexibility index (Phi) is 4.09. The molecule has 126 valence electrons. The van der Waals surface area contributed by atoms with Crippen molar-refractivity contribution in [2.75, 3.05) is 11.9 Å². The third-order valence-electron chi connectivity index (χ3n) is 6.19. The summed E-state index contributed by atoms with van der Waals surface area (Å²) in [5.41, 5.74) is 4.16. The van der Waals surface area contributed by atoms with Crippen molar-refractivity contribution in [3.05, 3.63) is 65.7 Å². The van der Waals surface area contributed by atoms with Gasteiger partial charge >= 0.3 is 0 Å². The Morgan fingerprint density at radius 3 is 2.46 bits per heavy atom. The minimum Gasteiger partial charge on any atom is -0.379 e. The quantitative estimate of drug-likeness (QED) is 0.854. The minimum atomic E-state index is -0.0448. The largest absolute Gasteiger partial charge is 0.379 e. The molecule has 2 aromatic rings. The molecule has 2 heteroatoms. The molecule has 2 aliphatic heterocycles. The van der Waals surface area contributed by atoms with Crippen LogP contribution in [0.3, 0.4) is 0 Å². The van der Waals surface area contributed by atoms with Crippen molar-refractivity contribution in [3.63, 3.8) is 0 Å². The highest BCUT2D eigenvalue weighted by Gasteiger charge is 2.52. The molecule has 0 spiro atoms. The van der Waals surface area contributed by atoms with Gasteiger partial charge in [-0.2, -0.15) is 0 Å². The van der Waals surface area contributed by atoms with Crippen molar-refractivity contribution in [1.29, 1.82) is 0 Å². The molecule has 0 aromatic heterocycles. The Morgan fingerprint density at radius 2 is 1.71 bits per heavy atom. The van der Waals surface area contributed by atoms with Gasteiger partial charge in [-0.05, 0) is 42.4 Å². The second-order valence-corrected chi connectivity index (χ2v) is 7.27. The molecule has 24 heavy (non-hydrogen) atoms. The fourth-order valence-corrected chi connectivity index (χ4v) is 4.80. The van der Waals surface area contributed by atoms with Crippen LogP contribution in [0, 0.1) is 5.92 Å². The topological polar surface area (TPSA) is 21.3 Å². The van der Waals surface area contributed by atoms with Crippen molar-refractivity contribution in [3.8, 4) is 0 Å². The molecule has 1 fully saturated rings. The summed E-state index contributed by atoms with van der Waals surface area (Å²) in [4.78, 5) is 0. The van der Waals surface area contributed by atoms with Gasteiger partial charge < -0.3 is 10.1 Å². The highest BCUT2D eigenvalue weighted by atomic mass is 16.5. The van der Waals surface area contributed by atoms with E-state index in [0.29, 0.717) is 17.9 Å². The number of rotatable bonds is 4. The zero-order valence-corrected chi connectivity index (χ0v) is 14.7. The number of para-hydroxylation sites is 1. The van der Waals surface area contributed by atoms with Crippen molar-refractivity contribution in [2.45, 2.75) is 50.7 Å². The number of hydrogen-bond donors (Lipinski definition) is 1. The lowest BCUT2D eigenvalue weighted by Crippen LogP contribution is -2.55. The fraction of sp³-hybridized carbons (Fsp3) is 0.455. The molecule has 3 atom stereocenters. The molecule has 3 unspecified atom stereocenters. The molecular weight excluding hydrogens is 294 g/mol. The Hall–Kier alpha value is -1.80. The summed E-state index contributed by atoms with van der Waals surface area (Å²) >= 11 is 0. The predicted octanol–water partition coefficient (Wildman–Crippen LogP) is 5.01. The molecule has 2 nitrogen and oxygen atoms in total. The first-order valence-electron chi connectivity index (χ1n) is 9.30. The second kappa shape index (κ2) is 6.25. The van der Waals surface area contributed by atoms with Gasteiger partial charge in [0.1, 0.15) is 0 Å². The second-order valence-electron chi connectivity index (χ2n) is 7.27. The molecule has 1 N–H and O–H groups in total. The summed E-state index contributed by atoms with van der Waals surface area (Å²) in [6, 6.07) is 20.1. The van der Waals surface area contributed by atoms with Crippen LogP contribution in [0.2, 0.25) is 0 Å². The van der Waals surface area contributed by atoms with Crippen LogP contribution in [0.4, 0.5) is 5.69 Å². The normalized spacial score (nSPS) is 27.2. The van der Waals surface area contributed by atoms with Gasteiger partial charge in [-0.3, -0.25) is 0 Å². The first-order chi connectivity index (χ1) is 11.8. The van der Waals surface area contributed by atoms with E-state index in [9.17, 15) is 0 Å². The van der Waals surface area contributed by atoms with Gasteiger partial charge in [-0.1, -0.05) is 62.4 Å². The highest BCUT2D eigenvalue weighted by molar-refractivity contribution is 5.61. The van der Waals surface area contributed by atoms with E-state index >= 15 is 0 Å². The fourth-order valence-electron chi connectivity index (χ4n) is 4.80. The SMILES string of the molecule is CCC1(CC)OCC(Cc2ccccc2)C2c3ccccc3NC21. The minimum absolute atomic E-state index is 0.0448. The molecule has 2 aliphatic rings. The summed E-state index contributed by atoms with van der Waals surface area (Å²) in [6.07, 6.45) is 3.20. The summed E-state index contributed by atoms with van der Waals surface area (Å²) < 4.78 is 6.53. The monoisotopic (exact) mass is 321 g/mol. The summed E-state index contributed by atoms with van der Waals surface area (Å²) in [5, 5.41) is 3.82. The Bertz CT molecular complexity index is 692. The zero-order chi connectivity index (χ0) is 16.6. The standard InChI is InChI=1S/C22H27NO/c1-3-22(4-2)21-20(18-12-8-9-13-19(18)23-21)17(15-24-22)14-16-10-6-5-7-11-16/h5-13,17,20-21,23H,3-4,14-15H2,1-2H3. The summed E-state index contributed by atoms with van der Waals surface area (Å²) in [6.45, 7) is 5.39. The van der Waals surface area contributed by atoms with Crippen LogP contribution in [0.25, 0.3) is 0 Å². The van der Waals surface area contributed by atoms with Gasteiger partial charge in [0.15, 0.2) is 0 Å². The van der Waals surface area contributed by atoms with Gasteiger partial charge in [0.25, 0.3) is 0 Å². The smallest absolute Gasteiger partial charge is 0.0883 e. The van der Waals surface area contributed by atoms with Crippen LogP contribution in [-0.4, -0.2) is 18.2 Å². The molecule has 0 radical (unpaired) electrons. The zero-order valence-electron chi connectivity index (χ0n) is 14.7. The molecule has 0 amide bonds. The van der Waals surface area contributed by atoms with Gasteiger partial charge in [-0.15, -0.1) is 0 Å². The summed E-state index contributed by atoms with van der Waals surface area (Å²) in [5.74, 6) is 1.06. The van der Waals surface area contributed by atoms with E-state index in [1.54, 1.807) is 0 Å². The number of hydrogen-bond acceptors (Lipinski definition) is 2. The number of anilines is 1. The van der Waals surface area contributed by atoms with Crippen molar-refractivity contribution in [2.24, 2.45) is 5.92 Å². The average molecular weight is 321 g/mol. The van der Waals surface area contributed by atoms with E-state index in [4.69, 9.17) is 4.74 Å². The molecule has 0 bridgehead atoms. The van der Waals surface area contributed by atoms with E-state index in [2.05, 4.69) is 73.8 Å². The molecule has 1 saturated heterocycles. The van der Waals surface area contributed by atoms with Gasteiger partial charge in [-0.25, -0.2) is 0 Å². The van der Waals surface area contributed by atoms with Gasteiger partial charge in [0.2, 0.25) is 0 Å². The van der Waals surface area contributed by atoms with Gasteiger partial charge in [0, 0.05) is 11.6 Å². The third-order valence-corrected chi connectivity index (χ3v) is 6.19. The molecule has 4 rings (SSSR count). The molecule has 0 aliphatic carbocycles. The summed E-state index contributed by atoms with van der Waals surface area (Å²) in [7, 11) is 0. The van der Waals surface area contributed by atoms with E-state index in [1.165, 1.54) is 16.8 Å². The Morgan fingerprint density at radius 1 is 1.00 bits per heavy atom. The van der Waals surface area contributed by atoms with E-state index in [-0.39, 0.29) is 5.60 Å². The lowest BCUT2D eigenvalue weighted by Gasteiger charge is -2.48.